The third-order valence-electron chi connectivity index (χ3n) is 3.32. The zero-order valence-corrected chi connectivity index (χ0v) is 15.3. The van der Waals surface area contributed by atoms with E-state index < -0.39 is 6.10 Å². The van der Waals surface area contributed by atoms with Crippen molar-refractivity contribution in [1.82, 2.24) is 5.43 Å². The Labute approximate surface area is 149 Å². The van der Waals surface area contributed by atoms with Gasteiger partial charge in [0.15, 0.2) is 6.10 Å². The quantitative estimate of drug-likeness (QED) is 0.603. The average molecular weight is 391 g/mol. The molecule has 2 aromatic rings. The lowest BCUT2D eigenvalue weighted by Crippen LogP contribution is -2.33. The van der Waals surface area contributed by atoms with Crippen molar-refractivity contribution in [3.8, 4) is 11.5 Å². The summed E-state index contributed by atoms with van der Waals surface area (Å²) in [7, 11) is 1.61. The van der Waals surface area contributed by atoms with Crippen LogP contribution in [0.4, 0.5) is 0 Å². The van der Waals surface area contributed by atoms with Gasteiger partial charge in [0, 0.05) is 4.47 Å². The van der Waals surface area contributed by atoms with Gasteiger partial charge in [0.25, 0.3) is 5.91 Å². The third-order valence-corrected chi connectivity index (χ3v) is 3.81. The highest BCUT2D eigenvalue weighted by Crippen LogP contribution is 2.19. The first-order valence-electron chi connectivity index (χ1n) is 7.40. The number of halogens is 1. The summed E-state index contributed by atoms with van der Waals surface area (Å²) in [4.78, 5) is 12.1. The van der Waals surface area contributed by atoms with Gasteiger partial charge in [0.2, 0.25) is 0 Å². The summed E-state index contributed by atoms with van der Waals surface area (Å²) in [5.74, 6) is 1.07. The van der Waals surface area contributed by atoms with Crippen LogP contribution in [0.1, 0.15) is 19.4 Å². The molecule has 0 fully saturated rings. The number of nitrogens with one attached hydrogen (secondary N) is 1. The number of hydrogen-bond donors (Lipinski definition) is 1. The first kappa shape index (κ1) is 18.0. The largest absolute Gasteiger partial charge is 0.497 e. The number of nitrogens with zero attached hydrogens (tertiary/aromatic N) is 1. The molecule has 2 rings (SSSR count). The van der Waals surface area contributed by atoms with Crippen molar-refractivity contribution in [2.24, 2.45) is 5.10 Å². The smallest absolute Gasteiger partial charge is 0.280 e. The van der Waals surface area contributed by atoms with E-state index in [0.29, 0.717) is 11.5 Å². The van der Waals surface area contributed by atoms with Crippen LogP contribution in [0, 0.1) is 0 Å². The molecule has 6 heteroatoms. The molecule has 0 aliphatic heterocycles. The molecule has 0 aromatic heterocycles. The van der Waals surface area contributed by atoms with E-state index in [4.69, 9.17) is 9.47 Å². The van der Waals surface area contributed by atoms with Crippen molar-refractivity contribution >= 4 is 27.5 Å². The molecule has 0 spiro atoms. The predicted molar refractivity (Wildman–Crippen MR) is 97.6 cm³/mol. The Hall–Kier alpha value is -2.34. The normalized spacial score (nSPS) is 12.4. The lowest BCUT2D eigenvalue weighted by atomic mass is 10.1. The Morgan fingerprint density at radius 2 is 1.88 bits per heavy atom. The van der Waals surface area contributed by atoms with Crippen LogP contribution in [0.3, 0.4) is 0 Å². The molecule has 2 aromatic carbocycles. The predicted octanol–water partition coefficient (Wildman–Crippen LogP) is 3.77. The minimum absolute atomic E-state index is 0.317. The van der Waals surface area contributed by atoms with Gasteiger partial charge in [-0.2, -0.15) is 5.10 Å². The lowest BCUT2D eigenvalue weighted by Gasteiger charge is -2.13. The summed E-state index contributed by atoms with van der Waals surface area (Å²) in [6, 6.07) is 14.8. The number of methoxy groups -OCH3 is 1. The number of hydrogen-bond acceptors (Lipinski definition) is 4. The van der Waals surface area contributed by atoms with Crippen LogP contribution in [-0.4, -0.2) is 24.8 Å². The van der Waals surface area contributed by atoms with Crippen LogP contribution < -0.4 is 14.9 Å². The second kappa shape index (κ2) is 8.49. The molecule has 0 unspecified atom stereocenters. The van der Waals surface area contributed by atoms with Crippen LogP contribution in [-0.2, 0) is 4.79 Å². The maximum atomic E-state index is 12.1. The molecule has 0 bridgehead atoms. The number of rotatable bonds is 6. The Morgan fingerprint density at radius 1 is 1.17 bits per heavy atom. The third kappa shape index (κ3) is 5.09. The summed E-state index contributed by atoms with van der Waals surface area (Å²) in [6.07, 6.45) is -0.660. The highest BCUT2D eigenvalue weighted by Gasteiger charge is 2.14. The average Bonchev–Trinajstić information content (AvgIpc) is 2.59. The second-order valence-corrected chi connectivity index (χ2v) is 6.03. The summed E-state index contributed by atoms with van der Waals surface area (Å²) in [5.41, 5.74) is 4.12. The van der Waals surface area contributed by atoms with Crippen LogP contribution in [0.25, 0.3) is 0 Å². The number of carbonyl (C=O) groups excluding carboxylic acids is 1. The topological polar surface area (TPSA) is 59.9 Å². The van der Waals surface area contributed by atoms with E-state index in [1.807, 2.05) is 43.3 Å². The van der Waals surface area contributed by atoms with Gasteiger partial charge in [0.05, 0.1) is 12.8 Å². The zero-order chi connectivity index (χ0) is 17.5. The van der Waals surface area contributed by atoms with Crippen LogP contribution in [0.2, 0.25) is 0 Å². The maximum Gasteiger partial charge on any atom is 0.280 e. The number of benzene rings is 2. The number of amides is 1. The monoisotopic (exact) mass is 390 g/mol. The molecule has 1 atom stereocenters. The van der Waals surface area contributed by atoms with Crippen molar-refractivity contribution in [1.29, 1.82) is 0 Å². The molecule has 0 aliphatic carbocycles. The Bertz CT molecular complexity index is 729. The van der Waals surface area contributed by atoms with E-state index in [9.17, 15) is 4.79 Å². The molecule has 126 valence electrons. The second-order valence-electron chi connectivity index (χ2n) is 5.12. The Balaban J connectivity index is 1.95. The number of carbonyl (C=O) groups is 1. The van der Waals surface area contributed by atoms with E-state index in [0.717, 1.165) is 15.8 Å². The lowest BCUT2D eigenvalue weighted by molar-refractivity contribution is -0.127. The summed E-state index contributed by atoms with van der Waals surface area (Å²) in [5, 5.41) is 4.12. The Morgan fingerprint density at radius 3 is 2.50 bits per heavy atom. The van der Waals surface area contributed by atoms with Gasteiger partial charge < -0.3 is 9.47 Å². The number of hydrazone groups is 1. The molecule has 0 saturated heterocycles. The summed E-state index contributed by atoms with van der Waals surface area (Å²) >= 11 is 3.36. The molecular formula is C18H19BrN2O3. The maximum absolute atomic E-state index is 12.1. The van der Waals surface area contributed by atoms with Gasteiger partial charge >= 0.3 is 0 Å². The van der Waals surface area contributed by atoms with E-state index in [1.165, 1.54) is 0 Å². The molecule has 1 N–H and O–H groups in total. The highest BCUT2D eigenvalue weighted by molar-refractivity contribution is 9.10. The van der Waals surface area contributed by atoms with Crippen molar-refractivity contribution in [3.63, 3.8) is 0 Å². The van der Waals surface area contributed by atoms with Crippen molar-refractivity contribution < 1.29 is 14.3 Å². The van der Waals surface area contributed by atoms with Gasteiger partial charge in [-0.25, -0.2) is 5.43 Å². The molecule has 0 radical (unpaired) electrons. The fourth-order valence-corrected chi connectivity index (χ4v) is 2.30. The van der Waals surface area contributed by atoms with Gasteiger partial charge in [0.1, 0.15) is 11.5 Å². The zero-order valence-electron chi connectivity index (χ0n) is 13.7. The van der Waals surface area contributed by atoms with Gasteiger partial charge in [-0.05, 0) is 61.9 Å². The Kier molecular flexibility index (Phi) is 6.37. The minimum atomic E-state index is -0.660. The first-order valence-corrected chi connectivity index (χ1v) is 8.19. The fourth-order valence-electron chi connectivity index (χ4n) is 1.92. The summed E-state index contributed by atoms with van der Waals surface area (Å²) < 4.78 is 11.6. The molecule has 0 aliphatic rings. The first-order chi connectivity index (χ1) is 11.5. The molecular weight excluding hydrogens is 372 g/mol. The van der Waals surface area contributed by atoms with Crippen molar-refractivity contribution in [3.05, 3.63) is 58.6 Å². The number of ether oxygens (including phenoxy) is 2. The van der Waals surface area contributed by atoms with E-state index in [1.54, 1.807) is 26.2 Å². The van der Waals surface area contributed by atoms with Crippen LogP contribution in [0.15, 0.2) is 58.1 Å². The molecule has 0 heterocycles. The molecule has 24 heavy (non-hydrogen) atoms. The van der Waals surface area contributed by atoms with E-state index in [2.05, 4.69) is 26.5 Å². The summed E-state index contributed by atoms with van der Waals surface area (Å²) in [6.45, 7) is 3.50. The fraction of sp³-hybridized carbons (Fsp3) is 0.222. The molecule has 1 amide bonds. The minimum Gasteiger partial charge on any atom is -0.497 e. The van der Waals surface area contributed by atoms with Crippen LogP contribution in [0.5, 0.6) is 11.5 Å². The van der Waals surface area contributed by atoms with Gasteiger partial charge in [-0.1, -0.05) is 22.0 Å². The van der Waals surface area contributed by atoms with Crippen LogP contribution >= 0.6 is 15.9 Å². The van der Waals surface area contributed by atoms with Crippen molar-refractivity contribution in [2.75, 3.05) is 7.11 Å². The van der Waals surface area contributed by atoms with Gasteiger partial charge in [-0.15, -0.1) is 0 Å². The standard InChI is InChI=1S/C18H19BrN2O3/c1-12(14-7-9-16(23-3)10-8-14)20-21-18(22)13(2)24-17-6-4-5-15(19)11-17/h4-11,13H,1-3H3,(H,21,22)/b20-12-/t13-/m0/s1. The molecule has 5 nitrogen and oxygen atoms in total. The van der Waals surface area contributed by atoms with E-state index in [-0.39, 0.29) is 5.91 Å². The van der Waals surface area contributed by atoms with Crippen molar-refractivity contribution in [2.45, 2.75) is 20.0 Å². The SMILES string of the molecule is COc1ccc(/C(C)=N\NC(=O)[C@H](C)Oc2cccc(Br)c2)cc1. The highest BCUT2D eigenvalue weighted by atomic mass is 79.9. The molecule has 0 saturated carbocycles. The van der Waals surface area contributed by atoms with Gasteiger partial charge in [-0.3, -0.25) is 4.79 Å². The van der Waals surface area contributed by atoms with E-state index >= 15 is 0 Å².